The molecular weight excluding hydrogens is 408 g/mol. The van der Waals surface area contributed by atoms with Crippen molar-refractivity contribution in [1.82, 2.24) is 19.8 Å². The molecule has 5 rings (SSSR count). The first-order valence-corrected chi connectivity index (χ1v) is 8.99. The highest BCUT2D eigenvalue weighted by Crippen LogP contribution is 2.25. The number of benzene rings is 2. The van der Waals surface area contributed by atoms with Crippen molar-refractivity contribution in [2.24, 2.45) is 0 Å². The van der Waals surface area contributed by atoms with E-state index < -0.39 is 0 Å². The SMILES string of the molecule is O=C(c1cn2nc(-c3ccccc3)cc2nn1)c1cc2cc(Br)ccc2o1. The minimum Gasteiger partial charge on any atom is -0.453 e. The maximum atomic E-state index is 12.8. The van der Waals surface area contributed by atoms with Crippen molar-refractivity contribution in [3.63, 3.8) is 0 Å². The van der Waals surface area contributed by atoms with Crippen molar-refractivity contribution in [2.75, 3.05) is 0 Å². The van der Waals surface area contributed by atoms with Gasteiger partial charge in [-0.3, -0.25) is 4.79 Å². The first kappa shape index (κ1) is 15.9. The van der Waals surface area contributed by atoms with E-state index >= 15 is 0 Å². The van der Waals surface area contributed by atoms with Gasteiger partial charge in [0.15, 0.2) is 17.1 Å². The lowest BCUT2D eigenvalue weighted by molar-refractivity contribution is 0.100. The number of carbonyl (C=O) groups excluding carboxylic acids is 1. The van der Waals surface area contributed by atoms with Crippen LogP contribution in [0.4, 0.5) is 0 Å². The third-order valence-corrected chi connectivity index (χ3v) is 4.72. The molecule has 0 fully saturated rings. The average molecular weight is 419 g/mol. The number of nitrogens with zero attached hydrogens (tertiary/aromatic N) is 4. The van der Waals surface area contributed by atoms with Gasteiger partial charge in [0, 0.05) is 21.5 Å². The third-order valence-electron chi connectivity index (χ3n) is 4.23. The molecule has 27 heavy (non-hydrogen) atoms. The molecule has 0 aliphatic rings. The Bertz CT molecular complexity index is 1310. The number of hydrogen-bond acceptors (Lipinski definition) is 5. The van der Waals surface area contributed by atoms with Gasteiger partial charge in [0.1, 0.15) is 5.58 Å². The summed E-state index contributed by atoms with van der Waals surface area (Å²) in [6.07, 6.45) is 1.57. The summed E-state index contributed by atoms with van der Waals surface area (Å²) in [7, 11) is 0. The van der Waals surface area contributed by atoms with Crippen LogP contribution in [-0.4, -0.2) is 25.6 Å². The predicted molar refractivity (Wildman–Crippen MR) is 104 cm³/mol. The second-order valence-electron chi connectivity index (χ2n) is 6.03. The van der Waals surface area contributed by atoms with Crippen LogP contribution in [0.5, 0.6) is 0 Å². The van der Waals surface area contributed by atoms with Crippen molar-refractivity contribution < 1.29 is 9.21 Å². The lowest BCUT2D eigenvalue weighted by Crippen LogP contribution is -2.07. The second kappa shape index (κ2) is 6.14. The lowest BCUT2D eigenvalue weighted by atomic mass is 10.2. The van der Waals surface area contributed by atoms with E-state index in [1.165, 1.54) is 0 Å². The smallest absolute Gasteiger partial charge is 0.249 e. The standard InChI is InChI=1S/C20H11BrN4O2/c21-14-6-7-17-13(8-14)9-18(27-17)20(26)16-11-25-19(23-22-16)10-15(24-25)12-4-2-1-3-5-12/h1-11H. The fraction of sp³-hybridized carbons (Fsp3) is 0. The van der Waals surface area contributed by atoms with Gasteiger partial charge in [0.25, 0.3) is 0 Å². The van der Waals surface area contributed by atoms with Crippen molar-refractivity contribution in [1.29, 1.82) is 0 Å². The van der Waals surface area contributed by atoms with Crippen LogP contribution in [0.25, 0.3) is 27.9 Å². The third kappa shape index (κ3) is 2.82. The predicted octanol–water partition coefficient (Wildman–Crippen LogP) is 4.53. The summed E-state index contributed by atoms with van der Waals surface area (Å²) in [6, 6.07) is 18.9. The maximum Gasteiger partial charge on any atom is 0.249 e. The Hall–Kier alpha value is -3.32. The van der Waals surface area contributed by atoms with Crippen molar-refractivity contribution >= 4 is 38.3 Å². The average Bonchev–Trinajstić information content (AvgIpc) is 3.31. The highest BCUT2D eigenvalue weighted by molar-refractivity contribution is 9.10. The van der Waals surface area contributed by atoms with Crippen LogP contribution < -0.4 is 0 Å². The number of halogens is 1. The van der Waals surface area contributed by atoms with Gasteiger partial charge in [-0.2, -0.15) is 5.10 Å². The summed E-state index contributed by atoms with van der Waals surface area (Å²) in [5.74, 6) is -0.124. The number of furan rings is 1. The molecule has 0 saturated heterocycles. The molecule has 3 aromatic heterocycles. The molecule has 0 unspecified atom stereocenters. The van der Waals surface area contributed by atoms with Gasteiger partial charge in [0.2, 0.25) is 5.78 Å². The van der Waals surface area contributed by atoms with Gasteiger partial charge in [-0.25, -0.2) is 4.52 Å². The van der Waals surface area contributed by atoms with E-state index in [2.05, 4.69) is 31.2 Å². The molecule has 3 heterocycles. The van der Waals surface area contributed by atoms with E-state index in [-0.39, 0.29) is 17.2 Å². The highest BCUT2D eigenvalue weighted by Gasteiger charge is 2.18. The van der Waals surface area contributed by atoms with Crippen LogP contribution in [0.3, 0.4) is 0 Å². The number of carbonyl (C=O) groups is 1. The van der Waals surface area contributed by atoms with Crippen LogP contribution in [0.1, 0.15) is 16.2 Å². The second-order valence-corrected chi connectivity index (χ2v) is 6.95. The molecule has 6 nitrogen and oxygen atoms in total. The van der Waals surface area contributed by atoms with Crippen molar-refractivity contribution in [3.05, 3.63) is 82.8 Å². The largest absolute Gasteiger partial charge is 0.453 e. The minimum atomic E-state index is -0.339. The number of fused-ring (bicyclic) bond motifs is 2. The van der Waals surface area contributed by atoms with Crippen LogP contribution in [0.2, 0.25) is 0 Å². The molecule has 130 valence electrons. The molecule has 7 heteroatoms. The van der Waals surface area contributed by atoms with Crippen LogP contribution in [0.15, 0.2) is 75.8 Å². The number of hydrogen-bond donors (Lipinski definition) is 0. The molecular formula is C20H11BrN4O2. The molecule has 0 amide bonds. The molecule has 5 aromatic rings. The van der Waals surface area contributed by atoms with E-state index in [1.807, 2.05) is 54.6 Å². The molecule has 0 saturated carbocycles. The van der Waals surface area contributed by atoms with Gasteiger partial charge in [-0.1, -0.05) is 46.3 Å². The van der Waals surface area contributed by atoms with Gasteiger partial charge in [-0.05, 0) is 24.3 Å². The molecule has 0 bridgehead atoms. The summed E-state index contributed by atoms with van der Waals surface area (Å²) < 4.78 is 8.13. The summed E-state index contributed by atoms with van der Waals surface area (Å²) in [6.45, 7) is 0. The Morgan fingerprint density at radius 1 is 1.00 bits per heavy atom. The van der Waals surface area contributed by atoms with Crippen LogP contribution in [0, 0.1) is 0 Å². The fourth-order valence-electron chi connectivity index (χ4n) is 2.91. The van der Waals surface area contributed by atoms with Crippen molar-refractivity contribution in [2.45, 2.75) is 0 Å². The molecule has 2 aromatic carbocycles. The quantitative estimate of drug-likeness (QED) is 0.402. The number of aromatic nitrogens is 4. The topological polar surface area (TPSA) is 73.3 Å². The summed E-state index contributed by atoms with van der Waals surface area (Å²) in [5.41, 5.74) is 3.12. The summed E-state index contributed by atoms with van der Waals surface area (Å²) >= 11 is 3.41. The lowest BCUT2D eigenvalue weighted by Gasteiger charge is -1.97. The van der Waals surface area contributed by atoms with Crippen molar-refractivity contribution in [3.8, 4) is 11.3 Å². The summed E-state index contributed by atoms with van der Waals surface area (Å²) in [4.78, 5) is 12.8. The molecule has 0 spiro atoms. The zero-order valence-corrected chi connectivity index (χ0v) is 15.4. The Morgan fingerprint density at radius 2 is 1.85 bits per heavy atom. The first-order chi connectivity index (χ1) is 13.2. The van der Waals surface area contributed by atoms with E-state index in [4.69, 9.17) is 4.42 Å². The minimum absolute atomic E-state index is 0.170. The highest BCUT2D eigenvalue weighted by atomic mass is 79.9. The van der Waals surface area contributed by atoms with Gasteiger partial charge in [-0.15, -0.1) is 10.2 Å². The van der Waals surface area contributed by atoms with Crippen LogP contribution in [-0.2, 0) is 0 Å². The molecule has 0 N–H and O–H groups in total. The molecule has 0 aliphatic heterocycles. The van der Waals surface area contributed by atoms with E-state index in [0.717, 1.165) is 21.1 Å². The zero-order chi connectivity index (χ0) is 18.4. The molecule has 0 atom stereocenters. The van der Waals surface area contributed by atoms with E-state index in [9.17, 15) is 4.79 Å². The Kier molecular flexibility index (Phi) is 3.61. The zero-order valence-electron chi connectivity index (χ0n) is 13.8. The first-order valence-electron chi connectivity index (χ1n) is 8.20. The Balaban J connectivity index is 1.54. The number of ketones is 1. The monoisotopic (exact) mass is 418 g/mol. The Labute approximate surface area is 161 Å². The van der Waals surface area contributed by atoms with Gasteiger partial charge in [0.05, 0.1) is 11.9 Å². The van der Waals surface area contributed by atoms with E-state index in [1.54, 1.807) is 16.8 Å². The van der Waals surface area contributed by atoms with Gasteiger partial charge < -0.3 is 4.42 Å². The molecule has 0 radical (unpaired) electrons. The normalized spacial score (nSPS) is 11.3. The maximum absolute atomic E-state index is 12.8. The Morgan fingerprint density at radius 3 is 2.70 bits per heavy atom. The van der Waals surface area contributed by atoms with Gasteiger partial charge >= 0.3 is 0 Å². The fourth-order valence-corrected chi connectivity index (χ4v) is 3.29. The number of rotatable bonds is 3. The van der Waals surface area contributed by atoms with E-state index in [0.29, 0.717) is 11.2 Å². The summed E-state index contributed by atoms with van der Waals surface area (Å²) in [5, 5.41) is 13.5. The van der Waals surface area contributed by atoms with Crippen LogP contribution >= 0.6 is 15.9 Å². The molecule has 0 aliphatic carbocycles.